The molecule has 2 N–H and O–H groups in total. The van der Waals surface area contributed by atoms with Crippen molar-refractivity contribution in [2.75, 3.05) is 0 Å². The Balaban J connectivity index is 2.11. The van der Waals surface area contributed by atoms with E-state index in [1.54, 1.807) is 17.4 Å². The molecule has 0 unspecified atom stereocenters. The number of nitrogens with zero attached hydrogens (tertiary/aromatic N) is 1. The molecule has 1 aromatic heterocycles. The zero-order valence-corrected chi connectivity index (χ0v) is 12.7. The van der Waals surface area contributed by atoms with Crippen LogP contribution in [0.2, 0.25) is 0 Å². The van der Waals surface area contributed by atoms with Crippen molar-refractivity contribution in [1.82, 2.24) is 4.98 Å². The van der Waals surface area contributed by atoms with Gasteiger partial charge in [0.1, 0.15) is 18.2 Å². The predicted molar refractivity (Wildman–Crippen MR) is 79.5 cm³/mol. The monoisotopic (exact) mass is 294 g/mol. The molecule has 0 bridgehead atoms. The molecule has 0 aliphatic heterocycles. The zero-order valence-electron chi connectivity index (χ0n) is 11.9. The summed E-state index contributed by atoms with van der Waals surface area (Å²) in [6.45, 7) is 6.38. The first-order chi connectivity index (χ1) is 9.47. The largest absolute Gasteiger partial charge is 0.487 e. The van der Waals surface area contributed by atoms with Crippen LogP contribution in [0.3, 0.4) is 0 Å². The molecule has 1 atom stereocenters. The second kappa shape index (κ2) is 6.33. The molecule has 0 fully saturated rings. The van der Waals surface area contributed by atoms with Gasteiger partial charge in [0.25, 0.3) is 0 Å². The van der Waals surface area contributed by atoms with Crippen LogP contribution in [0.15, 0.2) is 23.6 Å². The molecule has 20 heavy (non-hydrogen) atoms. The lowest BCUT2D eigenvalue weighted by atomic mass is 10.1. The Bertz CT molecular complexity index is 581. The third-order valence-electron chi connectivity index (χ3n) is 2.91. The van der Waals surface area contributed by atoms with Gasteiger partial charge in [-0.1, -0.05) is 19.9 Å². The Morgan fingerprint density at radius 3 is 2.70 bits per heavy atom. The Labute approximate surface area is 122 Å². The standard InChI is InChI=1S/C15H19FN2OS/c1-9(2)15-18-12(8-20-15)7-19-14-6-11(16)4-5-13(14)10(3)17/h4-6,8-10H,7,17H2,1-3H3/t10-/m0/s1. The smallest absolute Gasteiger partial charge is 0.131 e. The number of aromatic nitrogens is 1. The number of halogens is 1. The van der Waals surface area contributed by atoms with Crippen molar-refractivity contribution in [1.29, 1.82) is 0 Å². The molecule has 0 radical (unpaired) electrons. The number of thiazole rings is 1. The van der Waals surface area contributed by atoms with Crippen LogP contribution in [0.1, 0.15) is 49.0 Å². The van der Waals surface area contributed by atoms with Gasteiger partial charge >= 0.3 is 0 Å². The average molecular weight is 294 g/mol. The summed E-state index contributed by atoms with van der Waals surface area (Å²) in [6.07, 6.45) is 0. The fourth-order valence-corrected chi connectivity index (χ4v) is 2.63. The number of hydrogen-bond acceptors (Lipinski definition) is 4. The topological polar surface area (TPSA) is 48.1 Å². The van der Waals surface area contributed by atoms with Crippen molar-refractivity contribution in [2.45, 2.75) is 39.3 Å². The summed E-state index contributed by atoms with van der Waals surface area (Å²) in [5.41, 5.74) is 7.52. The molecule has 0 saturated carbocycles. The van der Waals surface area contributed by atoms with Gasteiger partial charge in [-0.25, -0.2) is 9.37 Å². The summed E-state index contributed by atoms with van der Waals surface area (Å²) in [7, 11) is 0. The lowest BCUT2D eigenvalue weighted by molar-refractivity contribution is 0.295. The molecule has 3 nitrogen and oxygen atoms in total. The van der Waals surface area contributed by atoms with Crippen LogP contribution in [0.25, 0.3) is 0 Å². The molecule has 0 amide bonds. The number of benzene rings is 1. The maximum Gasteiger partial charge on any atom is 0.131 e. The van der Waals surface area contributed by atoms with Gasteiger partial charge in [0.05, 0.1) is 10.7 Å². The van der Waals surface area contributed by atoms with E-state index in [4.69, 9.17) is 10.5 Å². The van der Waals surface area contributed by atoms with E-state index in [0.717, 1.165) is 16.3 Å². The van der Waals surface area contributed by atoms with Crippen LogP contribution in [-0.2, 0) is 6.61 Å². The minimum atomic E-state index is -0.328. The lowest BCUT2D eigenvalue weighted by Gasteiger charge is -2.13. The van der Waals surface area contributed by atoms with Crippen LogP contribution in [0.4, 0.5) is 4.39 Å². The van der Waals surface area contributed by atoms with Gasteiger partial charge in [-0.3, -0.25) is 0 Å². The Kier molecular flexibility index (Phi) is 4.73. The third kappa shape index (κ3) is 3.55. The molecular formula is C15H19FN2OS. The number of ether oxygens (including phenoxy) is 1. The maximum atomic E-state index is 13.3. The molecule has 0 aliphatic rings. The first-order valence-corrected chi connectivity index (χ1v) is 7.47. The highest BCUT2D eigenvalue weighted by molar-refractivity contribution is 7.09. The molecule has 0 spiro atoms. The van der Waals surface area contributed by atoms with Crippen molar-refractivity contribution in [3.8, 4) is 5.75 Å². The normalized spacial score (nSPS) is 12.7. The summed E-state index contributed by atoms with van der Waals surface area (Å²) in [5, 5.41) is 3.05. The van der Waals surface area contributed by atoms with E-state index in [2.05, 4.69) is 18.8 Å². The molecular weight excluding hydrogens is 275 g/mol. The molecule has 0 aliphatic carbocycles. The van der Waals surface area contributed by atoms with Crippen LogP contribution in [-0.4, -0.2) is 4.98 Å². The highest BCUT2D eigenvalue weighted by atomic mass is 32.1. The number of hydrogen-bond donors (Lipinski definition) is 1. The molecule has 0 saturated heterocycles. The van der Waals surface area contributed by atoms with Gasteiger partial charge in [-0.2, -0.15) is 0 Å². The van der Waals surface area contributed by atoms with Gasteiger partial charge in [0, 0.05) is 29.0 Å². The van der Waals surface area contributed by atoms with Crippen LogP contribution < -0.4 is 10.5 Å². The molecule has 108 valence electrons. The molecule has 2 rings (SSSR count). The first kappa shape index (κ1) is 14.9. The SMILES string of the molecule is CC(C)c1nc(COc2cc(F)ccc2[C@H](C)N)cs1. The molecule has 5 heteroatoms. The minimum Gasteiger partial charge on any atom is -0.487 e. The van der Waals surface area contributed by atoms with Crippen molar-refractivity contribution >= 4 is 11.3 Å². The summed E-state index contributed by atoms with van der Waals surface area (Å²) < 4.78 is 19.0. The summed E-state index contributed by atoms with van der Waals surface area (Å²) in [5.74, 6) is 0.562. The van der Waals surface area contributed by atoms with E-state index in [1.165, 1.54) is 12.1 Å². The molecule has 2 aromatic rings. The van der Waals surface area contributed by atoms with Crippen molar-refractivity contribution < 1.29 is 9.13 Å². The Morgan fingerprint density at radius 2 is 2.10 bits per heavy atom. The lowest BCUT2D eigenvalue weighted by Crippen LogP contribution is -2.08. The zero-order chi connectivity index (χ0) is 14.7. The number of nitrogens with two attached hydrogens (primary N) is 1. The second-order valence-electron chi connectivity index (χ2n) is 5.09. The highest BCUT2D eigenvalue weighted by Crippen LogP contribution is 2.26. The van der Waals surface area contributed by atoms with E-state index < -0.39 is 0 Å². The minimum absolute atomic E-state index is 0.202. The second-order valence-corrected chi connectivity index (χ2v) is 5.98. The van der Waals surface area contributed by atoms with Gasteiger partial charge in [-0.15, -0.1) is 11.3 Å². The van der Waals surface area contributed by atoms with Gasteiger partial charge in [0.15, 0.2) is 0 Å². The Hall–Kier alpha value is -1.46. The predicted octanol–water partition coefficient (Wildman–Crippen LogP) is 4.00. The highest BCUT2D eigenvalue weighted by Gasteiger charge is 2.11. The summed E-state index contributed by atoms with van der Waals surface area (Å²) in [6, 6.07) is 4.22. The fraction of sp³-hybridized carbons (Fsp3) is 0.400. The third-order valence-corrected chi connectivity index (χ3v) is 4.10. The van der Waals surface area contributed by atoms with Crippen LogP contribution in [0, 0.1) is 5.82 Å². The maximum absolute atomic E-state index is 13.3. The van der Waals surface area contributed by atoms with E-state index >= 15 is 0 Å². The van der Waals surface area contributed by atoms with E-state index in [0.29, 0.717) is 18.3 Å². The molecule has 1 aromatic carbocycles. The Morgan fingerprint density at radius 1 is 1.35 bits per heavy atom. The van der Waals surface area contributed by atoms with Crippen molar-refractivity contribution in [2.24, 2.45) is 5.73 Å². The number of rotatable bonds is 5. The first-order valence-electron chi connectivity index (χ1n) is 6.59. The van der Waals surface area contributed by atoms with Crippen LogP contribution in [0.5, 0.6) is 5.75 Å². The summed E-state index contributed by atoms with van der Waals surface area (Å²) in [4.78, 5) is 4.49. The van der Waals surface area contributed by atoms with Crippen molar-refractivity contribution in [3.63, 3.8) is 0 Å². The molecule has 1 heterocycles. The summed E-state index contributed by atoms with van der Waals surface area (Å²) >= 11 is 1.62. The van der Waals surface area contributed by atoms with E-state index in [9.17, 15) is 4.39 Å². The van der Waals surface area contributed by atoms with Gasteiger partial charge < -0.3 is 10.5 Å². The quantitative estimate of drug-likeness (QED) is 0.906. The van der Waals surface area contributed by atoms with Gasteiger partial charge in [-0.05, 0) is 13.0 Å². The van der Waals surface area contributed by atoms with Gasteiger partial charge in [0.2, 0.25) is 0 Å². The van der Waals surface area contributed by atoms with E-state index in [1.807, 2.05) is 12.3 Å². The van der Waals surface area contributed by atoms with Crippen molar-refractivity contribution in [3.05, 3.63) is 45.7 Å². The fourth-order valence-electron chi connectivity index (χ4n) is 1.82. The van der Waals surface area contributed by atoms with Crippen LogP contribution >= 0.6 is 11.3 Å². The van der Waals surface area contributed by atoms with E-state index in [-0.39, 0.29) is 11.9 Å². The average Bonchev–Trinajstić information content (AvgIpc) is 2.85.